The summed E-state index contributed by atoms with van der Waals surface area (Å²) < 4.78 is 13.6. The van der Waals surface area contributed by atoms with Gasteiger partial charge in [-0.2, -0.15) is 0 Å². The summed E-state index contributed by atoms with van der Waals surface area (Å²) in [6, 6.07) is 0. The lowest BCUT2D eigenvalue weighted by Gasteiger charge is -2.28. The van der Waals surface area contributed by atoms with Crippen LogP contribution in [0.2, 0.25) is 0 Å². The Bertz CT molecular complexity index is 101. The van der Waals surface area contributed by atoms with Crippen LogP contribution in [0.4, 0.5) is 0 Å². The monoisotopic (exact) mass is 166 g/mol. The van der Waals surface area contributed by atoms with E-state index in [9.17, 15) is 5.11 Å². The van der Waals surface area contributed by atoms with E-state index in [0.29, 0.717) is 0 Å². The van der Waals surface area contributed by atoms with Crippen LogP contribution in [0.25, 0.3) is 0 Å². The standard InChI is InChI=1S/C6H14O5/c1-9-4-5(7)6(8,10-2)11-3/h5,7-8H,4H2,1-3H3. The molecule has 0 saturated carbocycles. The van der Waals surface area contributed by atoms with Crippen molar-refractivity contribution in [2.24, 2.45) is 0 Å². The Balaban J connectivity index is 4.00. The van der Waals surface area contributed by atoms with E-state index < -0.39 is 12.1 Å². The first kappa shape index (κ1) is 10.8. The summed E-state index contributed by atoms with van der Waals surface area (Å²) in [5.41, 5.74) is 0. The second kappa shape index (κ2) is 4.63. The van der Waals surface area contributed by atoms with Crippen LogP contribution in [0.5, 0.6) is 0 Å². The minimum atomic E-state index is -1.98. The molecule has 0 heterocycles. The highest BCUT2D eigenvalue weighted by Crippen LogP contribution is 2.12. The van der Waals surface area contributed by atoms with Gasteiger partial charge in [0.25, 0.3) is 0 Å². The van der Waals surface area contributed by atoms with Gasteiger partial charge in [-0.15, -0.1) is 0 Å². The number of rotatable bonds is 5. The van der Waals surface area contributed by atoms with Crippen LogP contribution in [-0.4, -0.2) is 50.2 Å². The van der Waals surface area contributed by atoms with Gasteiger partial charge in [0.2, 0.25) is 0 Å². The maximum atomic E-state index is 9.25. The van der Waals surface area contributed by atoms with Crippen molar-refractivity contribution in [3.63, 3.8) is 0 Å². The van der Waals surface area contributed by atoms with Gasteiger partial charge in [-0.3, -0.25) is 0 Å². The fraction of sp³-hybridized carbons (Fsp3) is 1.00. The third kappa shape index (κ3) is 2.72. The Morgan fingerprint density at radius 3 is 2.00 bits per heavy atom. The molecule has 0 amide bonds. The van der Waals surface area contributed by atoms with Crippen LogP contribution in [0.1, 0.15) is 0 Å². The van der Waals surface area contributed by atoms with E-state index in [1.165, 1.54) is 21.3 Å². The van der Waals surface area contributed by atoms with Gasteiger partial charge in [0.15, 0.2) is 6.10 Å². The van der Waals surface area contributed by atoms with E-state index in [4.69, 9.17) is 5.11 Å². The first-order chi connectivity index (χ1) is 5.10. The zero-order chi connectivity index (χ0) is 8.91. The molecule has 0 saturated heterocycles. The number of hydrogen-bond donors (Lipinski definition) is 2. The average molecular weight is 166 g/mol. The molecule has 5 heteroatoms. The predicted molar refractivity (Wildman–Crippen MR) is 36.9 cm³/mol. The third-order valence-electron chi connectivity index (χ3n) is 1.33. The minimum Gasteiger partial charge on any atom is -0.382 e. The molecule has 0 spiro atoms. The summed E-state index contributed by atoms with van der Waals surface area (Å²) in [6.45, 7) is -0.0574. The lowest BCUT2D eigenvalue weighted by Crippen LogP contribution is -2.48. The Labute approximate surface area is 65.5 Å². The molecule has 0 aromatic heterocycles. The molecule has 0 aromatic rings. The molecule has 0 aliphatic carbocycles. The molecule has 0 aromatic carbocycles. The maximum Gasteiger partial charge on any atom is 0.309 e. The number of aliphatic hydroxyl groups is 2. The Morgan fingerprint density at radius 2 is 1.73 bits per heavy atom. The second-order valence-electron chi connectivity index (χ2n) is 2.01. The van der Waals surface area contributed by atoms with Gasteiger partial charge in [0.05, 0.1) is 6.61 Å². The normalized spacial score (nSPS) is 15.0. The van der Waals surface area contributed by atoms with Crippen LogP contribution >= 0.6 is 0 Å². The minimum absolute atomic E-state index is 0.0574. The molecule has 5 nitrogen and oxygen atoms in total. The van der Waals surface area contributed by atoms with Crippen LogP contribution in [0, 0.1) is 0 Å². The van der Waals surface area contributed by atoms with Crippen LogP contribution in [-0.2, 0) is 14.2 Å². The second-order valence-corrected chi connectivity index (χ2v) is 2.01. The zero-order valence-corrected chi connectivity index (χ0v) is 6.90. The van der Waals surface area contributed by atoms with Gasteiger partial charge in [-0.05, 0) is 0 Å². The smallest absolute Gasteiger partial charge is 0.309 e. The van der Waals surface area contributed by atoms with Crippen molar-refractivity contribution in [1.29, 1.82) is 0 Å². The SMILES string of the molecule is COCC(O)C(O)(OC)OC. The van der Waals surface area contributed by atoms with Crippen molar-refractivity contribution < 1.29 is 24.4 Å². The molecule has 68 valence electrons. The lowest BCUT2D eigenvalue weighted by atomic mass is 10.3. The van der Waals surface area contributed by atoms with E-state index >= 15 is 0 Å². The molecular weight excluding hydrogens is 152 g/mol. The molecule has 0 aliphatic heterocycles. The molecule has 0 radical (unpaired) electrons. The van der Waals surface area contributed by atoms with Gasteiger partial charge >= 0.3 is 5.97 Å². The Hall–Kier alpha value is -0.200. The fourth-order valence-electron chi connectivity index (χ4n) is 0.619. The van der Waals surface area contributed by atoms with Gasteiger partial charge in [0.1, 0.15) is 0 Å². The first-order valence-corrected chi connectivity index (χ1v) is 3.10. The average Bonchev–Trinajstić information content (AvgIpc) is 2.03. The molecule has 0 bridgehead atoms. The molecule has 0 aliphatic rings. The van der Waals surface area contributed by atoms with Gasteiger partial charge in [-0.1, -0.05) is 0 Å². The largest absolute Gasteiger partial charge is 0.382 e. The van der Waals surface area contributed by atoms with E-state index in [1.807, 2.05) is 0 Å². The Kier molecular flexibility index (Phi) is 4.55. The highest BCUT2D eigenvalue weighted by Gasteiger charge is 2.36. The maximum absolute atomic E-state index is 9.25. The van der Waals surface area contributed by atoms with Crippen molar-refractivity contribution in [2.45, 2.75) is 12.1 Å². The first-order valence-electron chi connectivity index (χ1n) is 3.10. The summed E-state index contributed by atoms with van der Waals surface area (Å²) in [4.78, 5) is 0. The van der Waals surface area contributed by atoms with Gasteiger partial charge < -0.3 is 24.4 Å². The van der Waals surface area contributed by atoms with Crippen LogP contribution in [0.3, 0.4) is 0 Å². The number of ether oxygens (including phenoxy) is 3. The molecule has 1 unspecified atom stereocenters. The highest BCUT2D eigenvalue weighted by atomic mass is 16.8. The molecule has 0 fully saturated rings. The van der Waals surface area contributed by atoms with Crippen molar-refractivity contribution >= 4 is 0 Å². The van der Waals surface area contributed by atoms with Crippen LogP contribution < -0.4 is 0 Å². The van der Waals surface area contributed by atoms with Crippen molar-refractivity contribution in [1.82, 2.24) is 0 Å². The van der Waals surface area contributed by atoms with Gasteiger partial charge in [-0.25, -0.2) is 0 Å². The number of methoxy groups -OCH3 is 3. The third-order valence-corrected chi connectivity index (χ3v) is 1.33. The molecule has 2 N–H and O–H groups in total. The summed E-state index contributed by atoms with van der Waals surface area (Å²) in [7, 11) is 3.85. The van der Waals surface area contributed by atoms with Crippen molar-refractivity contribution in [2.75, 3.05) is 27.9 Å². The molecule has 1 atom stereocenters. The van der Waals surface area contributed by atoms with Crippen LogP contribution in [0.15, 0.2) is 0 Å². The van der Waals surface area contributed by atoms with Crippen molar-refractivity contribution in [3.8, 4) is 0 Å². The fourth-order valence-corrected chi connectivity index (χ4v) is 0.619. The lowest BCUT2D eigenvalue weighted by molar-refractivity contribution is -0.381. The summed E-state index contributed by atoms with van der Waals surface area (Å²) in [6.07, 6.45) is -1.22. The van der Waals surface area contributed by atoms with E-state index in [0.717, 1.165) is 0 Å². The number of hydrogen-bond acceptors (Lipinski definition) is 5. The Morgan fingerprint density at radius 1 is 1.27 bits per heavy atom. The molecule has 0 rings (SSSR count). The molecule has 11 heavy (non-hydrogen) atoms. The number of aliphatic hydroxyl groups excluding tert-OH is 1. The van der Waals surface area contributed by atoms with E-state index in [2.05, 4.69) is 14.2 Å². The highest BCUT2D eigenvalue weighted by molar-refractivity contribution is 4.65. The van der Waals surface area contributed by atoms with E-state index in [-0.39, 0.29) is 6.61 Å². The summed E-state index contributed by atoms with van der Waals surface area (Å²) in [5, 5.41) is 18.4. The quantitative estimate of drug-likeness (QED) is 0.509. The van der Waals surface area contributed by atoms with Crippen molar-refractivity contribution in [3.05, 3.63) is 0 Å². The molecular formula is C6H14O5. The van der Waals surface area contributed by atoms with E-state index in [1.54, 1.807) is 0 Å². The summed E-state index contributed by atoms with van der Waals surface area (Å²) in [5.74, 6) is -1.98. The van der Waals surface area contributed by atoms with Gasteiger partial charge in [0, 0.05) is 21.3 Å². The summed E-state index contributed by atoms with van der Waals surface area (Å²) >= 11 is 0. The predicted octanol–water partition coefficient (Wildman–Crippen LogP) is -1.07. The zero-order valence-electron chi connectivity index (χ0n) is 6.90. The topological polar surface area (TPSA) is 68.2 Å².